The molecule has 2 N–H and O–H groups in total. The molecule has 76 valence electrons. The summed E-state index contributed by atoms with van der Waals surface area (Å²) in [5, 5.41) is 11.5. The third kappa shape index (κ3) is 3.58. The second-order valence-corrected chi connectivity index (χ2v) is 3.19. The summed E-state index contributed by atoms with van der Waals surface area (Å²) in [6.07, 6.45) is 2.26. The van der Waals surface area contributed by atoms with E-state index in [-0.39, 0.29) is 12.6 Å². The number of rotatable bonds is 6. The molecule has 3 nitrogen and oxygen atoms in total. The van der Waals surface area contributed by atoms with Crippen LogP contribution in [0.3, 0.4) is 0 Å². The van der Waals surface area contributed by atoms with Gasteiger partial charge in [-0.15, -0.1) is 0 Å². The standard InChI is InChI=1S/C11H15NO2/c13-8-11(12-9-14)7-6-10-4-2-1-3-5-10/h1-5,9,11,13H,6-8H2,(H,12,14)/t11-/m1/s1. The highest BCUT2D eigenvalue weighted by Crippen LogP contribution is 2.04. The van der Waals surface area contributed by atoms with Crippen LogP contribution in [0.25, 0.3) is 0 Å². The smallest absolute Gasteiger partial charge is 0.207 e. The van der Waals surface area contributed by atoms with Crippen LogP contribution in [0, 0.1) is 0 Å². The Kier molecular flexibility index (Phi) is 4.72. The summed E-state index contributed by atoms with van der Waals surface area (Å²) in [6, 6.07) is 9.88. The van der Waals surface area contributed by atoms with E-state index in [1.165, 1.54) is 5.56 Å². The van der Waals surface area contributed by atoms with Crippen LogP contribution in [0.2, 0.25) is 0 Å². The Morgan fingerprint density at radius 1 is 1.36 bits per heavy atom. The van der Waals surface area contributed by atoms with Crippen molar-refractivity contribution in [2.45, 2.75) is 18.9 Å². The highest BCUT2D eigenvalue weighted by atomic mass is 16.3. The number of aliphatic hydroxyl groups excluding tert-OH is 1. The molecule has 14 heavy (non-hydrogen) atoms. The topological polar surface area (TPSA) is 49.3 Å². The predicted octanol–water partition coefficient (Wildman–Crippen LogP) is 0.726. The molecular weight excluding hydrogens is 178 g/mol. The normalized spacial score (nSPS) is 12.1. The Morgan fingerprint density at radius 2 is 2.07 bits per heavy atom. The lowest BCUT2D eigenvalue weighted by atomic mass is 10.1. The van der Waals surface area contributed by atoms with E-state index in [2.05, 4.69) is 5.32 Å². The van der Waals surface area contributed by atoms with Gasteiger partial charge in [0.15, 0.2) is 0 Å². The Labute approximate surface area is 83.8 Å². The number of carbonyl (C=O) groups excluding carboxylic acids is 1. The summed E-state index contributed by atoms with van der Waals surface area (Å²) in [6.45, 7) is -0.00836. The van der Waals surface area contributed by atoms with Crippen molar-refractivity contribution in [1.29, 1.82) is 0 Å². The first-order valence-corrected chi connectivity index (χ1v) is 4.71. The number of nitrogens with one attached hydrogen (secondary N) is 1. The van der Waals surface area contributed by atoms with Crippen LogP contribution < -0.4 is 5.32 Å². The first kappa shape index (κ1) is 10.7. The van der Waals surface area contributed by atoms with Gasteiger partial charge in [0, 0.05) is 0 Å². The van der Waals surface area contributed by atoms with E-state index in [1.54, 1.807) is 0 Å². The van der Waals surface area contributed by atoms with Gasteiger partial charge in [-0.3, -0.25) is 4.79 Å². The zero-order valence-electron chi connectivity index (χ0n) is 8.02. The molecule has 0 unspecified atom stereocenters. The summed E-state index contributed by atoms with van der Waals surface area (Å²) in [4.78, 5) is 10.2. The molecule has 1 atom stereocenters. The van der Waals surface area contributed by atoms with E-state index >= 15 is 0 Å². The highest BCUT2D eigenvalue weighted by molar-refractivity contribution is 5.46. The lowest BCUT2D eigenvalue weighted by molar-refractivity contribution is -0.110. The number of benzene rings is 1. The van der Waals surface area contributed by atoms with Gasteiger partial charge < -0.3 is 10.4 Å². The summed E-state index contributed by atoms with van der Waals surface area (Å²) in [7, 11) is 0. The molecule has 1 amide bonds. The molecule has 3 heteroatoms. The number of aliphatic hydroxyl groups is 1. The zero-order valence-corrected chi connectivity index (χ0v) is 8.02. The fraction of sp³-hybridized carbons (Fsp3) is 0.364. The molecule has 0 aliphatic rings. The highest BCUT2D eigenvalue weighted by Gasteiger charge is 2.04. The third-order valence-electron chi connectivity index (χ3n) is 2.15. The maximum absolute atomic E-state index is 10.2. The van der Waals surface area contributed by atoms with Crippen LogP contribution in [0.4, 0.5) is 0 Å². The van der Waals surface area contributed by atoms with Crippen LogP contribution in [0.1, 0.15) is 12.0 Å². The summed E-state index contributed by atoms with van der Waals surface area (Å²) < 4.78 is 0. The Balaban J connectivity index is 2.35. The Hall–Kier alpha value is -1.35. The second-order valence-electron chi connectivity index (χ2n) is 3.19. The van der Waals surface area contributed by atoms with Gasteiger partial charge in [-0.05, 0) is 18.4 Å². The van der Waals surface area contributed by atoms with Gasteiger partial charge >= 0.3 is 0 Å². The van der Waals surface area contributed by atoms with Crippen molar-refractivity contribution in [1.82, 2.24) is 5.32 Å². The molecule has 0 spiro atoms. The lowest BCUT2D eigenvalue weighted by Crippen LogP contribution is -2.31. The average Bonchev–Trinajstić information content (AvgIpc) is 2.25. The van der Waals surface area contributed by atoms with E-state index in [0.29, 0.717) is 6.41 Å². The predicted molar refractivity (Wildman–Crippen MR) is 54.8 cm³/mol. The molecule has 0 radical (unpaired) electrons. The number of hydrogen-bond acceptors (Lipinski definition) is 2. The molecule has 0 aliphatic heterocycles. The van der Waals surface area contributed by atoms with Gasteiger partial charge in [0.05, 0.1) is 12.6 Å². The van der Waals surface area contributed by atoms with Gasteiger partial charge in [0.2, 0.25) is 6.41 Å². The van der Waals surface area contributed by atoms with Crippen molar-refractivity contribution in [3.63, 3.8) is 0 Å². The van der Waals surface area contributed by atoms with E-state index in [0.717, 1.165) is 12.8 Å². The molecule has 0 fully saturated rings. The largest absolute Gasteiger partial charge is 0.394 e. The molecule has 0 aromatic heterocycles. The average molecular weight is 193 g/mol. The molecule has 0 heterocycles. The number of carbonyl (C=O) groups is 1. The third-order valence-corrected chi connectivity index (χ3v) is 2.15. The molecule has 0 saturated heterocycles. The van der Waals surface area contributed by atoms with Crippen LogP contribution in [0.15, 0.2) is 30.3 Å². The van der Waals surface area contributed by atoms with Crippen molar-refractivity contribution < 1.29 is 9.90 Å². The van der Waals surface area contributed by atoms with Crippen molar-refractivity contribution in [2.75, 3.05) is 6.61 Å². The van der Waals surface area contributed by atoms with E-state index < -0.39 is 0 Å². The van der Waals surface area contributed by atoms with Gasteiger partial charge in [-0.1, -0.05) is 30.3 Å². The maximum atomic E-state index is 10.2. The van der Waals surface area contributed by atoms with Crippen molar-refractivity contribution >= 4 is 6.41 Å². The first-order valence-electron chi connectivity index (χ1n) is 4.71. The van der Waals surface area contributed by atoms with Crippen LogP contribution in [0.5, 0.6) is 0 Å². The molecule has 1 rings (SSSR count). The number of aryl methyl sites for hydroxylation is 1. The quantitative estimate of drug-likeness (QED) is 0.654. The van der Waals surface area contributed by atoms with Gasteiger partial charge in [-0.25, -0.2) is 0 Å². The van der Waals surface area contributed by atoms with Crippen LogP contribution in [-0.4, -0.2) is 24.2 Å². The molecule has 1 aromatic carbocycles. The van der Waals surface area contributed by atoms with Crippen LogP contribution in [-0.2, 0) is 11.2 Å². The van der Waals surface area contributed by atoms with Gasteiger partial charge in [0.1, 0.15) is 0 Å². The Morgan fingerprint density at radius 3 is 2.64 bits per heavy atom. The van der Waals surface area contributed by atoms with E-state index in [1.807, 2.05) is 30.3 Å². The first-order chi connectivity index (χ1) is 6.86. The Bertz CT molecular complexity index is 261. The van der Waals surface area contributed by atoms with Crippen molar-refractivity contribution in [3.05, 3.63) is 35.9 Å². The lowest BCUT2D eigenvalue weighted by Gasteiger charge is -2.12. The fourth-order valence-electron chi connectivity index (χ4n) is 1.31. The van der Waals surface area contributed by atoms with E-state index in [4.69, 9.17) is 5.11 Å². The molecule has 1 aromatic rings. The van der Waals surface area contributed by atoms with Gasteiger partial charge in [-0.2, -0.15) is 0 Å². The fourth-order valence-corrected chi connectivity index (χ4v) is 1.31. The van der Waals surface area contributed by atoms with Gasteiger partial charge in [0.25, 0.3) is 0 Å². The van der Waals surface area contributed by atoms with Crippen molar-refractivity contribution in [3.8, 4) is 0 Å². The minimum atomic E-state index is -0.132. The van der Waals surface area contributed by atoms with E-state index in [9.17, 15) is 4.79 Å². The van der Waals surface area contributed by atoms with Crippen molar-refractivity contribution in [2.24, 2.45) is 0 Å². The molecular formula is C11H15NO2. The van der Waals surface area contributed by atoms with Crippen LogP contribution >= 0.6 is 0 Å². The summed E-state index contributed by atoms with van der Waals surface area (Å²) in [5.74, 6) is 0. The number of amides is 1. The SMILES string of the molecule is O=CN[C@@H](CO)CCc1ccccc1. The summed E-state index contributed by atoms with van der Waals surface area (Å²) in [5.41, 5.74) is 1.22. The molecule has 0 aliphatic carbocycles. The minimum absolute atomic E-state index is 0.00836. The number of hydrogen-bond donors (Lipinski definition) is 2. The molecule has 0 bridgehead atoms. The molecule has 0 saturated carbocycles. The summed E-state index contributed by atoms with van der Waals surface area (Å²) >= 11 is 0. The monoisotopic (exact) mass is 193 g/mol. The maximum Gasteiger partial charge on any atom is 0.207 e. The minimum Gasteiger partial charge on any atom is -0.394 e. The zero-order chi connectivity index (χ0) is 10.2. The second kappa shape index (κ2) is 6.16.